The van der Waals surface area contributed by atoms with Crippen LogP contribution in [0.25, 0.3) is 0 Å². The van der Waals surface area contributed by atoms with Gasteiger partial charge in [0, 0.05) is 19.0 Å². The average Bonchev–Trinajstić information content (AvgIpc) is 2.72. The van der Waals surface area contributed by atoms with Gasteiger partial charge in [0.15, 0.2) is 0 Å². The van der Waals surface area contributed by atoms with Crippen molar-refractivity contribution in [2.75, 3.05) is 6.54 Å². The Morgan fingerprint density at radius 2 is 2.12 bits per heavy atom. The van der Waals surface area contributed by atoms with Crippen LogP contribution in [0.5, 0.6) is 0 Å². The lowest BCUT2D eigenvalue weighted by atomic mass is 9.78. The van der Waals surface area contributed by atoms with Crippen LogP contribution < -0.4 is 10.6 Å². The van der Waals surface area contributed by atoms with Crippen LogP contribution in [0, 0.1) is 17.8 Å². The molecular formula is C13H22N2O2. The van der Waals surface area contributed by atoms with Gasteiger partial charge in [-0.05, 0) is 18.3 Å². The van der Waals surface area contributed by atoms with Crippen LogP contribution in [0.3, 0.4) is 0 Å². The van der Waals surface area contributed by atoms with Gasteiger partial charge in [-0.2, -0.15) is 0 Å². The summed E-state index contributed by atoms with van der Waals surface area (Å²) >= 11 is 0. The van der Waals surface area contributed by atoms with Crippen molar-refractivity contribution in [3.8, 4) is 0 Å². The van der Waals surface area contributed by atoms with Crippen LogP contribution in [-0.4, -0.2) is 24.4 Å². The Morgan fingerprint density at radius 3 is 2.76 bits per heavy atom. The highest BCUT2D eigenvalue weighted by molar-refractivity contribution is 5.89. The molecule has 2 amide bonds. The number of carbonyl (C=O) groups excluding carboxylic acids is 2. The molecule has 2 rings (SSSR count). The van der Waals surface area contributed by atoms with Crippen molar-refractivity contribution < 1.29 is 9.59 Å². The first kappa shape index (κ1) is 12.4. The van der Waals surface area contributed by atoms with Crippen molar-refractivity contribution in [2.45, 2.75) is 45.6 Å². The van der Waals surface area contributed by atoms with E-state index in [0.29, 0.717) is 30.8 Å². The lowest BCUT2D eigenvalue weighted by molar-refractivity contribution is -0.127. The summed E-state index contributed by atoms with van der Waals surface area (Å²) in [6, 6.07) is 0.293. The molecule has 2 aliphatic rings. The molecule has 4 nitrogen and oxygen atoms in total. The summed E-state index contributed by atoms with van der Waals surface area (Å²) in [7, 11) is 0. The lowest BCUT2D eigenvalue weighted by Gasteiger charge is -2.35. The Balaban J connectivity index is 1.87. The highest BCUT2D eigenvalue weighted by atomic mass is 16.2. The maximum absolute atomic E-state index is 12.0. The van der Waals surface area contributed by atoms with E-state index in [1.54, 1.807) is 0 Å². The fourth-order valence-electron chi connectivity index (χ4n) is 2.88. The molecule has 4 heteroatoms. The van der Waals surface area contributed by atoms with Crippen LogP contribution in [0.1, 0.15) is 39.5 Å². The summed E-state index contributed by atoms with van der Waals surface area (Å²) in [6.45, 7) is 4.97. The van der Waals surface area contributed by atoms with Gasteiger partial charge < -0.3 is 10.6 Å². The van der Waals surface area contributed by atoms with Crippen molar-refractivity contribution in [1.82, 2.24) is 10.6 Å². The Labute approximate surface area is 103 Å². The summed E-state index contributed by atoms with van der Waals surface area (Å²) in [4.78, 5) is 23.1. The Kier molecular flexibility index (Phi) is 3.69. The van der Waals surface area contributed by atoms with Gasteiger partial charge in [-0.25, -0.2) is 0 Å². The number of nitrogens with one attached hydrogen (secondary N) is 2. The summed E-state index contributed by atoms with van der Waals surface area (Å²) in [5.74, 6) is 1.10. The molecule has 1 aliphatic heterocycles. The van der Waals surface area contributed by atoms with Gasteiger partial charge in [-0.3, -0.25) is 9.59 Å². The Bertz CT molecular complexity index is 317. The van der Waals surface area contributed by atoms with E-state index in [-0.39, 0.29) is 17.7 Å². The van der Waals surface area contributed by atoms with Crippen LogP contribution in [0.4, 0.5) is 0 Å². The first-order valence-electron chi connectivity index (χ1n) is 6.65. The van der Waals surface area contributed by atoms with Gasteiger partial charge in [-0.1, -0.05) is 26.7 Å². The fraction of sp³-hybridized carbons (Fsp3) is 0.846. The zero-order valence-corrected chi connectivity index (χ0v) is 10.7. The highest BCUT2D eigenvalue weighted by Gasteiger charge is 2.32. The molecule has 1 heterocycles. The number of rotatable bonds is 2. The quantitative estimate of drug-likeness (QED) is 0.756. The monoisotopic (exact) mass is 238 g/mol. The maximum atomic E-state index is 12.0. The number of hydrogen-bond donors (Lipinski definition) is 2. The molecule has 2 fully saturated rings. The van der Waals surface area contributed by atoms with Crippen molar-refractivity contribution in [1.29, 1.82) is 0 Å². The van der Waals surface area contributed by atoms with Crippen molar-refractivity contribution in [3.63, 3.8) is 0 Å². The third kappa shape index (κ3) is 2.79. The van der Waals surface area contributed by atoms with E-state index in [2.05, 4.69) is 24.5 Å². The van der Waals surface area contributed by atoms with Gasteiger partial charge >= 0.3 is 0 Å². The second-order valence-corrected chi connectivity index (χ2v) is 5.59. The molecule has 96 valence electrons. The summed E-state index contributed by atoms with van der Waals surface area (Å²) in [6.07, 6.45) is 3.88. The third-order valence-corrected chi connectivity index (χ3v) is 4.38. The number of amides is 2. The molecule has 4 unspecified atom stereocenters. The van der Waals surface area contributed by atoms with Crippen LogP contribution in [-0.2, 0) is 9.59 Å². The first-order chi connectivity index (χ1) is 8.08. The smallest absolute Gasteiger partial charge is 0.225 e. The topological polar surface area (TPSA) is 58.2 Å². The van der Waals surface area contributed by atoms with E-state index >= 15 is 0 Å². The second kappa shape index (κ2) is 5.07. The van der Waals surface area contributed by atoms with E-state index in [1.165, 1.54) is 12.8 Å². The van der Waals surface area contributed by atoms with E-state index in [4.69, 9.17) is 0 Å². The minimum atomic E-state index is -0.160. The molecule has 0 aromatic heterocycles. The Hall–Kier alpha value is -1.06. The molecule has 0 aromatic carbocycles. The van der Waals surface area contributed by atoms with Crippen LogP contribution in [0.2, 0.25) is 0 Å². The predicted octanol–water partition coefficient (Wildman–Crippen LogP) is 1.06. The fourth-order valence-corrected chi connectivity index (χ4v) is 2.88. The second-order valence-electron chi connectivity index (χ2n) is 5.59. The van der Waals surface area contributed by atoms with Crippen molar-refractivity contribution in [3.05, 3.63) is 0 Å². The van der Waals surface area contributed by atoms with Gasteiger partial charge in [0.05, 0.1) is 5.92 Å². The molecule has 1 saturated carbocycles. The predicted molar refractivity (Wildman–Crippen MR) is 65.2 cm³/mol. The largest absolute Gasteiger partial charge is 0.355 e. The molecule has 0 aromatic rings. The van der Waals surface area contributed by atoms with Crippen LogP contribution in [0.15, 0.2) is 0 Å². The van der Waals surface area contributed by atoms with Gasteiger partial charge in [0.2, 0.25) is 11.8 Å². The van der Waals surface area contributed by atoms with E-state index < -0.39 is 0 Å². The Morgan fingerprint density at radius 1 is 1.35 bits per heavy atom. The zero-order valence-electron chi connectivity index (χ0n) is 10.7. The SMILES string of the molecule is CC1CCCC(NC(=O)C2CNC(=O)C2)C1C. The van der Waals surface area contributed by atoms with Gasteiger partial charge in [0.25, 0.3) is 0 Å². The number of hydrogen-bond acceptors (Lipinski definition) is 2. The summed E-state index contributed by atoms with van der Waals surface area (Å²) in [5, 5.41) is 5.84. The highest BCUT2D eigenvalue weighted by Crippen LogP contribution is 2.29. The molecule has 2 N–H and O–H groups in total. The van der Waals surface area contributed by atoms with Crippen molar-refractivity contribution >= 4 is 11.8 Å². The zero-order chi connectivity index (χ0) is 12.4. The van der Waals surface area contributed by atoms with Crippen molar-refractivity contribution in [2.24, 2.45) is 17.8 Å². The third-order valence-electron chi connectivity index (χ3n) is 4.38. The molecule has 0 radical (unpaired) electrons. The maximum Gasteiger partial charge on any atom is 0.225 e. The van der Waals surface area contributed by atoms with Crippen LogP contribution >= 0.6 is 0 Å². The standard InChI is InChI=1S/C13H22N2O2/c1-8-4-3-5-11(9(8)2)15-13(17)10-6-12(16)14-7-10/h8-11H,3-7H2,1-2H3,(H,14,16)(H,15,17). The lowest BCUT2D eigenvalue weighted by Crippen LogP contribution is -2.46. The van der Waals surface area contributed by atoms with E-state index in [1.807, 2.05) is 0 Å². The molecule has 1 aliphatic carbocycles. The molecule has 1 saturated heterocycles. The summed E-state index contributed by atoms with van der Waals surface area (Å²) in [5.41, 5.74) is 0. The van der Waals surface area contributed by atoms with E-state index in [9.17, 15) is 9.59 Å². The number of carbonyl (C=O) groups is 2. The molecule has 0 bridgehead atoms. The van der Waals surface area contributed by atoms with Gasteiger partial charge in [-0.15, -0.1) is 0 Å². The normalized spacial score (nSPS) is 37.6. The average molecular weight is 238 g/mol. The molecule has 0 spiro atoms. The first-order valence-corrected chi connectivity index (χ1v) is 6.65. The van der Waals surface area contributed by atoms with Gasteiger partial charge in [0.1, 0.15) is 0 Å². The molecular weight excluding hydrogens is 216 g/mol. The summed E-state index contributed by atoms with van der Waals surface area (Å²) < 4.78 is 0. The minimum Gasteiger partial charge on any atom is -0.355 e. The minimum absolute atomic E-state index is 0.00443. The van der Waals surface area contributed by atoms with E-state index in [0.717, 1.165) is 6.42 Å². The molecule has 4 atom stereocenters. The molecule has 17 heavy (non-hydrogen) atoms.